The second-order valence-corrected chi connectivity index (χ2v) is 9.85. The Balaban J connectivity index is 1.34. The predicted molar refractivity (Wildman–Crippen MR) is 122 cm³/mol. The van der Waals surface area contributed by atoms with Gasteiger partial charge in [-0.15, -0.1) is 0 Å². The molecular formula is C23H37N5O4. The molecule has 3 rings (SSSR count). The summed E-state index contributed by atoms with van der Waals surface area (Å²) in [6.45, 7) is 12.2. The summed E-state index contributed by atoms with van der Waals surface area (Å²) in [5.74, 6) is 1.47. The fraction of sp³-hybridized carbons (Fsp3) is 0.739. The van der Waals surface area contributed by atoms with Gasteiger partial charge in [0.15, 0.2) is 0 Å². The molecule has 2 fully saturated rings. The smallest absolute Gasteiger partial charge is 0.407 e. The summed E-state index contributed by atoms with van der Waals surface area (Å²) in [6, 6.07) is -0.211. The van der Waals surface area contributed by atoms with Crippen molar-refractivity contribution >= 4 is 17.9 Å². The number of hydrogen-bond donors (Lipinski definition) is 1. The summed E-state index contributed by atoms with van der Waals surface area (Å²) in [5, 5.41) is 2.74. The summed E-state index contributed by atoms with van der Waals surface area (Å²) in [7, 11) is 0. The molecular weight excluding hydrogens is 410 g/mol. The lowest BCUT2D eigenvalue weighted by Gasteiger charge is -2.35. The van der Waals surface area contributed by atoms with Gasteiger partial charge in [0.25, 0.3) is 0 Å². The first-order chi connectivity index (χ1) is 15.1. The second-order valence-electron chi connectivity index (χ2n) is 9.85. The number of anilines is 1. The van der Waals surface area contributed by atoms with E-state index in [-0.39, 0.29) is 18.1 Å². The number of amides is 2. The van der Waals surface area contributed by atoms with Crippen LogP contribution in [0.4, 0.5) is 10.7 Å². The third kappa shape index (κ3) is 7.62. The van der Waals surface area contributed by atoms with Crippen molar-refractivity contribution < 1.29 is 19.1 Å². The Bertz CT molecular complexity index is 768. The van der Waals surface area contributed by atoms with Crippen LogP contribution in [0.2, 0.25) is 0 Å². The van der Waals surface area contributed by atoms with E-state index in [1.807, 2.05) is 51.9 Å². The molecule has 0 spiro atoms. The molecule has 0 bridgehead atoms. The van der Waals surface area contributed by atoms with Crippen molar-refractivity contribution in [1.82, 2.24) is 20.2 Å². The summed E-state index contributed by atoms with van der Waals surface area (Å²) in [5.41, 5.74) is 0.688. The molecule has 2 amide bonds. The fourth-order valence-electron chi connectivity index (χ4n) is 3.57. The van der Waals surface area contributed by atoms with Crippen LogP contribution in [0.15, 0.2) is 12.4 Å². The maximum absolute atomic E-state index is 12.7. The van der Waals surface area contributed by atoms with Gasteiger partial charge in [-0.2, -0.15) is 0 Å². The normalized spacial score (nSPS) is 18.8. The molecule has 1 aromatic rings. The Morgan fingerprint density at radius 1 is 1.12 bits per heavy atom. The third-order valence-electron chi connectivity index (χ3n) is 5.48. The van der Waals surface area contributed by atoms with Crippen molar-refractivity contribution in [2.24, 2.45) is 0 Å². The lowest BCUT2D eigenvalue weighted by atomic mass is 10.2. The third-order valence-corrected chi connectivity index (χ3v) is 5.48. The largest absolute Gasteiger partial charge is 0.444 e. The zero-order chi connectivity index (χ0) is 23.3. The Labute approximate surface area is 190 Å². The van der Waals surface area contributed by atoms with Crippen LogP contribution in [0.25, 0.3) is 0 Å². The number of nitrogens with zero attached hydrogens (tertiary/aromatic N) is 4. The van der Waals surface area contributed by atoms with Gasteiger partial charge in [-0.1, -0.05) is 0 Å². The van der Waals surface area contributed by atoms with E-state index >= 15 is 0 Å². The Morgan fingerprint density at radius 2 is 1.75 bits per heavy atom. The number of piperazine rings is 1. The van der Waals surface area contributed by atoms with E-state index in [2.05, 4.69) is 20.2 Å². The van der Waals surface area contributed by atoms with E-state index in [1.54, 1.807) is 0 Å². The van der Waals surface area contributed by atoms with Gasteiger partial charge in [0.05, 0.1) is 25.2 Å². The van der Waals surface area contributed by atoms with Crippen LogP contribution in [0.5, 0.6) is 0 Å². The van der Waals surface area contributed by atoms with E-state index in [1.165, 1.54) is 18.4 Å². The second kappa shape index (κ2) is 10.5. The van der Waals surface area contributed by atoms with Crippen LogP contribution >= 0.6 is 0 Å². The zero-order valence-corrected chi connectivity index (χ0v) is 20.0. The van der Waals surface area contributed by atoms with Crippen LogP contribution < -0.4 is 10.2 Å². The van der Waals surface area contributed by atoms with Crippen molar-refractivity contribution in [2.75, 3.05) is 37.7 Å². The first-order valence-corrected chi connectivity index (χ1v) is 11.6. The van der Waals surface area contributed by atoms with Gasteiger partial charge in [-0.25, -0.2) is 14.8 Å². The number of carbonyl (C=O) groups is 2. The highest BCUT2D eigenvalue weighted by molar-refractivity contribution is 5.77. The van der Waals surface area contributed by atoms with Gasteiger partial charge in [0, 0.05) is 38.6 Å². The quantitative estimate of drug-likeness (QED) is 0.654. The first kappa shape index (κ1) is 24.2. The van der Waals surface area contributed by atoms with E-state index in [0.29, 0.717) is 32.0 Å². The van der Waals surface area contributed by atoms with Crippen molar-refractivity contribution in [3.63, 3.8) is 0 Å². The number of carbonyl (C=O) groups excluding carboxylic acids is 2. The van der Waals surface area contributed by atoms with E-state index in [4.69, 9.17) is 9.47 Å². The van der Waals surface area contributed by atoms with Gasteiger partial charge in [0.1, 0.15) is 5.60 Å². The van der Waals surface area contributed by atoms with Crippen LogP contribution in [0.3, 0.4) is 0 Å². The first-order valence-electron chi connectivity index (χ1n) is 11.6. The molecule has 1 aliphatic carbocycles. The van der Waals surface area contributed by atoms with Gasteiger partial charge < -0.3 is 24.6 Å². The molecule has 1 unspecified atom stereocenters. The molecule has 178 valence electrons. The van der Waals surface area contributed by atoms with Crippen molar-refractivity contribution in [3.05, 3.63) is 18.0 Å². The highest BCUT2D eigenvalue weighted by atomic mass is 16.6. The SMILES string of the molecule is CC(CC(=O)N1CCN(c2ncc(C3CC3)cn2)CC1)OC[C@H](C)NC(=O)OC(C)(C)C. The van der Waals surface area contributed by atoms with Gasteiger partial charge >= 0.3 is 6.09 Å². The van der Waals surface area contributed by atoms with E-state index in [9.17, 15) is 9.59 Å². The van der Waals surface area contributed by atoms with Crippen LogP contribution in [0.1, 0.15) is 65.4 Å². The molecule has 2 heterocycles. The Hall–Kier alpha value is -2.42. The zero-order valence-electron chi connectivity index (χ0n) is 20.0. The van der Waals surface area contributed by atoms with Gasteiger partial charge in [0.2, 0.25) is 11.9 Å². The molecule has 2 aliphatic rings. The minimum Gasteiger partial charge on any atom is -0.444 e. The van der Waals surface area contributed by atoms with Gasteiger partial charge in [-0.3, -0.25) is 4.79 Å². The molecule has 0 aromatic carbocycles. The molecule has 9 nitrogen and oxygen atoms in total. The fourth-order valence-corrected chi connectivity index (χ4v) is 3.57. The molecule has 9 heteroatoms. The number of rotatable bonds is 8. The molecule has 32 heavy (non-hydrogen) atoms. The molecule has 1 aliphatic heterocycles. The summed E-state index contributed by atoms with van der Waals surface area (Å²) in [4.78, 5) is 37.5. The number of aromatic nitrogens is 2. The topological polar surface area (TPSA) is 96.9 Å². The predicted octanol–water partition coefficient (Wildman–Crippen LogP) is 2.71. The maximum atomic E-state index is 12.7. The highest BCUT2D eigenvalue weighted by Crippen LogP contribution is 2.39. The Morgan fingerprint density at radius 3 is 2.31 bits per heavy atom. The van der Waals surface area contributed by atoms with E-state index in [0.717, 1.165) is 19.0 Å². The Kier molecular flexibility index (Phi) is 7.92. The summed E-state index contributed by atoms with van der Waals surface area (Å²) >= 11 is 0. The highest BCUT2D eigenvalue weighted by Gasteiger charge is 2.26. The lowest BCUT2D eigenvalue weighted by molar-refractivity contribution is -0.134. The molecule has 2 atom stereocenters. The van der Waals surface area contributed by atoms with Crippen LogP contribution in [0, 0.1) is 0 Å². The number of alkyl carbamates (subject to hydrolysis) is 1. The molecule has 1 saturated heterocycles. The average Bonchev–Trinajstić information content (AvgIpc) is 3.56. The average molecular weight is 448 g/mol. The van der Waals surface area contributed by atoms with Crippen molar-refractivity contribution in [3.8, 4) is 0 Å². The molecule has 1 aromatic heterocycles. The standard InChI is InChI=1S/C23H37N5O4/c1-16(26-22(30)32-23(3,4)5)15-31-17(2)12-20(29)27-8-10-28(11-9-27)21-24-13-19(14-25-21)18-6-7-18/h13-14,16-18H,6-12,15H2,1-5H3,(H,26,30)/t16-,17?/m0/s1. The summed E-state index contributed by atoms with van der Waals surface area (Å²) < 4.78 is 11.0. The molecule has 1 N–H and O–H groups in total. The van der Waals surface area contributed by atoms with Gasteiger partial charge in [-0.05, 0) is 58.9 Å². The minimum absolute atomic E-state index is 0.0786. The molecule has 1 saturated carbocycles. The minimum atomic E-state index is -0.541. The monoisotopic (exact) mass is 447 g/mol. The van der Waals surface area contributed by atoms with E-state index < -0.39 is 11.7 Å². The van der Waals surface area contributed by atoms with Crippen molar-refractivity contribution in [1.29, 1.82) is 0 Å². The maximum Gasteiger partial charge on any atom is 0.407 e. The number of ether oxygens (including phenoxy) is 2. The number of hydrogen-bond acceptors (Lipinski definition) is 7. The summed E-state index contributed by atoms with van der Waals surface area (Å²) in [6.07, 6.45) is 5.97. The molecule has 0 radical (unpaired) electrons. The van der Waals surface area contributed by atoms with Crippen molar-refractivity contribution in [2.45, 2.75) is 77.5 Å². The number of nitrogens with one attached hydrogen (secondary N) is 1. The van der Waals surface area contributed by atoms with Crippen LogP contribution in [-0.2, 0) is 14.3 Å². The lowest BCUT2D eigenvalue weighted by Crippen LogP contribution is -2.49. The van der Waals surface area contributed by atoms with Crippen LogP contribution in [-0.4, -0.2) is 77.4 Å².